The number of carbonyl (C=O) groups excluding carboxylic acids is 3. The van der Waals surface area contributed by atoms with E-state index in [9.17, 15) is 27.6 Å². The molecule has 0 spiro atoms. The normalized spacial score (nSPS) is 19.8. The van der Waals surface area contributed by atoms with E-state index in [0.29, 0.717) is 30.1 Å². The van der Waals surface area contributed by atoms with Crippen LogP contribution in [0.2, 0.25) is 0 Å². The Bertz CT molecular complexity index is 1550. The molecule has 1 aromatic heterocycles. The van der Waals surface area contributed by atoms with Crippen LogP contribution in [0.15, 0.2) is 60.8 Å². The van der Waals surface area contributed by atoms with Crippen LogP contribution in [0.1, 0.15) is 40.0 Å². The molecule has 0 radical (unpaired) electrons. The zero-order valence-electron chi connectivity index (χ0n) is 24.8. The number of benzene rings is 2. The number of methoxy groups -OCH3 is 1. The average molecular weight is 627 g/mol. The van der Waals surface area contributed by atoms with Gasteiger partial charge in [0.25, 0.3) is 5.91 Å². The Morgan fingerprint density at radius 1 is 1.07 bits per heavy atom. The third kappa shape index (κ3) is 7.90. The van der Waals surface area contributed by atoms with Crippen LogP contribution < -0.4 is 14.8 Å². The molecule has 3 aliphatic rings. The topological polar surface area (TPSA) is 110 Å². The summed E-state index contributed by atoms with van der Waals surface area (Å²) in [6.07, 6.45) is -3.43. The maximum absolute atomic E-state index is 13.2. The van der Waals surface area contributed by atoms with Crippen LogP contribution in [-0.2, 0) is 33.5 Å². The minimum Gasteiger partial charge on any atom is -0.493 e. The van der Waals surface area contributed by atoms with Crippen molar-refractivity contribution in [3.63, 3.8) is 0 Å². The molecule has 1 fully saturated rings. The van der Waals surface area contributed by atoms with Crippen LogP contribution in [0.3, 0.4) is 0 Å². The molecular weight excluding hydrogens is 593 g/mol. The standard InChI is InChI=1S/C32H33F3N4O6/c1-38-18-29(40)37-24-12-13-39(31(42)22-8-10-28(36-16-22)32(33,34)35)17-27(24)44-19-21-4-3-5-23(14-21)45-25-9-6-20(7-11-30(38)41)15-26(25)43-2/h3-6,8-10,14-16,24,27H,7,11-13,17-19H2,1-2H3,(H,37,40)/t24-,27-/m0/s1. The van der Waals surface area contributed by atoms with E-state index in [4.69, 9.17) is 14.2 Å². The predicted molar refractivity (Wildman–Crippen MR) is 156 cm³/mol. The zero-order valence-corrected chi connectivity index (χ0v) is 24.8. The van der Waals surface area contributed by atoms with Gasteiger partial charge in [-0.3, -0.25) is 19.4 Å². The Hall–Kier alpha value is -4.65. The summed E-state index contributed by atoms with van der Waals surface area (Å²) < 4.78 is 56.8. The minimum absolute atomic E-state index is 0.00919. The Labute approximate surface area is 258 Å². The molecule has 0 saturated carbocycles. The second-order valence-electron chi connectivity index (χ2n) is 11.0. The lowest BCUT2D eigenvalue weighted by Crippen LogP contribution is -2.57. The van der Waals surface area contributed by atoms with Gasteiger partial charge in [-0.05, 0) is 60.4 Å². The number of carbonyl (C=O) groups is 3. The average Bonchev–Trinajstić information content (AvgIpc) is 3.02. The van der Waals surface area contributed by atoms with Gasteiger partial charge in [-0.25, -0.2) is 0 Å². The summed E-state index contributed by atoms with van der Waals surface area (Å²) >= 11 is 0. The van der Waals surface area contributed by atoms with Crippen molar-refractivity contribution in [2.45, 2.75) is 44.2 Å². The molecule has 238 valence electrons. The highest BCUT2D eigenvalue weighted by atomic mass is 19.4. The van der Waals surface area contributed by atoms with E-state index in [1.54, 1.807) is 19.2 Å². The molecule has 1 N–H and O–H groups in total. The molecule has 0 aliphatic carbocycles. The number of halogens is 3. The summed E-state index contributed by atoms with van der Waals surface area (Å²) in [4.78, 5) is 45.3. The van der Waals surface area contributed by atoms with Gasteiger partial charge in [0.1, 0.15) is 11.4 Å². The lowest BCUT2D eigenvalue weighted by Gasteiger charge is -2.39. The summed E-state index contributed by atoms with van der Waals surface area (Å²) in [5.41, 5.74) is 0.566. The number of hydrogen-bond donors (Lipinski definition) is 1. The lowest BCUT2D eigenvalue weighted by molar-refractivity contribution is -0.141. The number of pyridine rings is 1. The van der Waals surface area contributed by atoms with E-state index in [1.165, 1.54) is 16.9 Å². The number of aryl methyl sites for hydroxylation is 1. The van der Waals surface area contributed by atoms with Gasteiger partial charge in [-0.2, -0.15) is 13.2 Å². The van der Waals surface area contributed by atoms with Crippen LogP contribution >= 0.6 is 0 Å². The molecule has 6 rings (SSSR count). The van der Waals surface area contributed by atoms with E-state index < -0.39 is 29.9 Å². The Kier molecular flexibility index (Phi) is 9.57. The Balaban J connectivity index is 1.38. The lowest BCUT2D eigenvalue weighted by atomic mass is 10.0. The van der Waals surface area contributed by atoms with Gasteiger partial charge in [-0.1, -0.05) is 18.2 Å². The van der Waals surface area contributed by atoms with Crippen molar-refractivity contribution < 1.29 is 41.8 Å². The first-order valence-corrected chi connectivity index (χ1v) is 14.4. The summed E-state index contributed by atoms with van der Waals surface area (Å²) in [5, 5.41) is 2.95. The number of piperidine rings is 1. The summed E-state index contributed by atoms with van der Waals surface area (Å²) in [6, 6.07) is 14.1. The molecule has 2 atom stereocenters. The number of aromatic nitrogens is 1. The number of amides is 3. The summed E-state index contributed by atoms with van der Waals surface area (Å²) in [5.74, 6) is 0.449. The maximum Gasteiger partial charge on any atom is 0.433 e. The highest BCUT2D eigenvalue weighted by molar-refractivity contribution is 5.94. The van der Waals surface area contributed by atoms with Crippen LogP contribution in [-0.4, -0.2) is 78.4 Å². The largest absolute Gasteiger partial charge is 0.493 e. The predicted octanol–water partition coefficient (Wildman–Crippen LogP) is 4.22. The number of rotatable bonds is 2. The van der Waals surface area contributed by atoms with Crippen molar-refractivity contribution in [3.8, 4) is 17.2 Å². The number of alkyl halides is 3. The number of nitrogens with one attached hydrogen (secondary N) is 1. The fourth-order valence-electron chi connectivity index (χ4n) is 5.28. The molecule has 10 nitrogen and oxygen atoms in total. The molecular formula is C32H33F3N4O6. The van der Waals surface area contributed by atoms with Crippen LogP contribution in [0.25, 0.3) is 0 Å². The molecule has 4 heterocycles. The molecule has 3 amide bonds. The van der Waals surface area contributed by atoms with E-state index in [0.717, 1.165) is 29.5 Å². The van der Waals surface area contributed by atoms with Gasteiger partial charge in [-0.15, -0.1) is 0 Å². The summed E-state index contributed by atoms with van der Waals surface area (Å²) in [6.45, 7) is 0.244. The number of likely N-dealkylation sites (tertiary alicyclic amines) is 1. The van der Waals surface area contributed by atoms with Gasteiger partial charge in [0.05, 0.1) is 38.0 Å². The molecule has 45 heavy (non-hydrogen) atoms. The maximum atomic E-state index is 13.2. The SMILES string of the molecule is COc1cc2ccc1Oc1cccc(c1)CO[C@H]1CN(C(=O)c3ccc(C(F)(F)F)nc3)CC[C@@H]1NC(=O)CN(C)C(=O)CC2. The molecule has 3 aromatic rings. The second kappa shape index (κ2) is 13.6. The molecule has 4 bridgehead atoms. The summed E-state index contributed by atoms with van der Waals surface area (Å²) in [7, 11) is 3.09. The Morgan fingerprint density at radius 3 is 2.62 bits per heavy atom. The van der Waals surface area contributed by atoms with Gasteiger partial charge in [0, 0.05) is 32.8 Å². The molecule has 0 unspecified atom stereocenters. The van der Waals surface area contributed by atoms with Crippen molar-refractivity contribution in [1.82, 2.24) is 20.1 Å². The van der Waals surface area contributed by atoms with Crippen LogP contribution in [0.4, 0.5) is 13.2 Å². The number of ether oxygens (including phenoxy) is 3. The van der Waals surface area contributed by atoms with Gasteiger partial charge in [0.15, 0.2) is 11.5 Å². The second-order valence-corrected chi connectivity index (χ2v) is 11.0. The fourth-order valence-corrected chi connectivity index (χ4v) is 5.28. The molecule has 1 saturated heterocycles. The number of nitrogens with zero attached hydrogens (tertiary/aromatic N) is 3. The van der Waals surface area contributed by atoms with Gasteiger partial charge < -0.3 is 29.3 Å². The fraction of sp³-hybridized carbons (Fsp3) is 0.375. The number of fused-ring (bicyclic) bond motifs is 9. The van der Waals surface area contributed by atoms with E-state index in [2.05, 4.69) is 10.3 Å². The van der Waals surface area contributed by atoms with E-state index in [-0.39, 0.29) is 50.0 Å². The van der Waals surface area contributed by atoms with Crippen molar-refractivity contribution in [2.75, 3.05) is 33.8 Å². The number of hydrogen-bond acceptors (Lipinski definition) is 7. The van der Waals surface area contributed by atoms with Crippen molar-refractivity contribution in [1.29, 1.82) is 0 Å². The van der Waals surface area contributed by atoms with Gasteiger partial charge in [0.2, 0.25) is 11.8 Å². The quantitative estimate of drug-likeness (QED) is 0.454. The highest BCUT2D eigenvalue weighted by Crippen LogP contribution is 2.33. The number of likely N-dealkylation sites (N-methyl/N-ethyl adjacent to an activating group) is 1. The van der Waals surface area contributed by atoms with Crippen molar-refractivity contribution in [2.24, 2.45) is 0 Å². The third-order valence-corrected chi connectivity index (χ3v) is 7.75. The minimum atomic E-state index is -4.62. The first-order chi connectivity index (χ1) is 21.5. The Morgan fingerprint density at radius 2 is 1.89 bits per heavy atom. The smallest absolute Gasteiger partial charge is 0.433 e. The zero-order chi connectivity index (χ0) is 32.1. The highest BCUT2D eigenvalue weighted by Gasteiger charge is 2.35. The molecule has 13 heteroatoms. The molecule has 3 aliphatic heterocycles. The van der Waals surface area contributed by atoms with Crippen molar-refractivity contribution in [3.05, 3.63) is 83.2 Å². The first kappa shape index (κ1) is 31.8. The van der Waals surface area contributed by atoms with Crippen LogP contribution in [0.5, 0.6) is 17.2 Å². The first-order valence-electron chi connectivity index (χ1n) is 14.4. The van der Waals surface area contributed by atoms with E-state index >= 15 is 0 Å². The van der Waals surface area contributed by atoms with E-state index in [1.807, 2.05) is 30.3 Å². The van der Waals surface area contributed by atoms with Crippen LogP contribution in [0, 0.1) is 0 Å². The monoisotopic (exact) mass is 626 g/mol. The van der Waals surface area contributed by atoms with Gasteiger partial charge >= 0.3 is 6.18 Å². The molecule has 2 aromatic carbocycles. The third-order valence-electron chi connectivity index (χ3n) is 7.75. The van der Waals surface area contributed by atoms with Crippen molar-refractivity contribution >= 4 is 17.7 Å².